The highest BCUT2D eigenvalue weighted by molar-refractivity contribution is 5.94. The van der Waals surface area contributed by atoms with Gasteiger partial charge in [-0.3, -0.25) is 4.79 Å². The number of hydrogen-bond donors (Lipinski definition) is 0. The number of carbonyl (C=O) groups excluding carboxylic acids is 1. The lowest BCUT2D eigenvalue weighted by molar-refractivity contribution is 0.0743. The van der Waals surface area contributed by atoms with E-state index in [-0.39, 0.29) is 5.91 Å². The highest BCUT2D eigenvalue weighted by atomic mass is 16.2. The molecule has 0 saturated carbocycles. The molecule has 0 atom stereocenters. The SMILES string of the molecule is CCCN(Cc1ccc(C#N)cc1)C(=O)c1cccc(C)c1. The predicted molar refractivity (Wildman–Crippen MR) is 87.4 cm³/mol. The molecule has 0 bridgehead atoms. The Labute approximate surface area is 131 Å². The topological polar surface area (TPSA) is 44.1 Å². The fourth-order valence-corrected chi connectivity index (χ4v) is 2.39. The maximum Gasteiger partial charge on any atom is 0.254 e. The normalized spacial score (nSPS) is 10.0. The summed E-state index contributed by atoms with van der Waals surface area (Å²) in [6.07, 6.45) is 0.911. The Bertz CT molecular complexity index is 683. The van der Waals surface area contributed by atoms with Crippen molar-refractivity contribution in [1.82, 2.24) is 4.90 Å². The minimum absolute atomic E-state index is 0.0508. The van der Waals surface area contributed by atoms with E-state index in [1.165, 1.54) is 0 Å². The van der Waals surface area contributed by atoms with Gasteiger partial charge in [-0.05, 0) is 43.2 Å². The molecule has 0 aliphatic heterocycles. The van der Waals surface area contributed by atoms with Crippen molar-refractivity contribution in [3.8, 4) is 6.07 Å². The molecule has 0 radical (unpaired) electrons. The van der Waals surface area contributed by atoms with Crippen molar-refractivity contribution in [2.45, 2.75) is 26.8 Å². The van der Waals surface area contributed by atoms with Crippen molar-refractivity contribution >= 4 is 5.91 Å². The predicted octanol–water partition coefficient (Wildman–Crippen LogP) is 3.92. The van der Waals surface area contributed by atoms with Crippen LogP contribution in [-0.4, -0.2) is 17.4 Å². The average molecular weight is 292 g/mol. The van der Waals surface area contributed by atoms with Gasteiger partial charge in [-0.1, -0.05) is 36.8 Å². The van der Waals surface area contributed by atoms with E-state index >= 15 is 0 Å². The van der Waals surface area contributed by atoms with E-state index in [4.69, 9.17) is 5.26 Å². The molecule has 3 nitrogen and oxygen atoms in total. The lowest BCUT2D eigenvalue weighted by Gasteiger charge is -2.22. The van der Waals surface area contributed by atoms with Crippen LogP contribution in [0.2, 0.25) is 0 Å². The lowest BCUT2D eigenvalue weighted by atomic mass is 10.1. The number of benzene rings is 2. The van der Waals surface area contributed by atoms with Gasteiger partial charge in [-0.15, -0.1) is 0 Å². The molecular weight excluding hydrogens is 272 g/mol. The highest BCUT2D eigenvalue weighted by Crippen LogP contribution is 2.13. The van der Waals surface area contributed by atoms with E-state index in [0.717, 1.165) is 23.1 Å². The molecule has 1 amide bonds. The summed E-state index contributed by atoms with van der Waals surface area (Å²) in [5, 5.41) is 8.84. The van der Waals surface area contributed by atoms with Crippen LogP contribution in [0.4, 0.5) is 0 Å². The first-order valence-corrected chi connectivity index (χ1v) is 7.49. The third-order valence-electron chi connectivity index (χ3n) is 3.50. The number of amides is 1. The molecule has 3 heteroatoms. The molecule has 0 spiro atoms. The first-order valence-electron chi connectivity index (χ1n) is 7.49. The van der Waals surface area contributed by atoms with E-state index in [0.29, 0.717) is 18.7 Å². The standard InChI is InChI=1S/C19H20N2O/c1-3-11-21(14-17-9-7-16(13-20)8-10-17)19(22)18-6-4-5-15(2)12-18/h4-10,12H,3,11,14H2,1-2H3. The monoisotopic (exact) mass is 292 g/mol. The molecule has 22 heavy (non-hydrogen) atoms. The molecule has 0 heterocycles. The molecule has 112 valence electrons. The number of nitrogens with zero attached hydrogens (tertiary/aromatic N) is 2. The van der Waals surface area contributed by atoms with Gasteiger partial charge in [0.1, 0.15) is 0 Å². The molecule has 0 saturated heterocycles. The van der Waals surface area contributed by atoms with Gasteiger partial charge < -0.3 is 4.90 Å². The first kappa shape index (κ1) is 15.8. The van der Waals surface area contributed by atoms with E-state index in [2.05, 4.69) is 13.0 Å². The fraction of sp³-hybridized carbons (Fsp3) is 0.263. The number of aryl methyl sites for hydroxylation is 1. The third-order valence-corrected chi connectivity index (χ3v) is 3.50. The molecule has 2 aromatic rings. The Hall–Kier alpha value is -2.60. The van der Waals surface area contributed by atoms with Crippen LogP contribution in [0.1, 0.15) is 40.4 Å². The van der Waals surface area contributed by atoms with Gasteiger partial charge in [-0.2, -0.15) is 5.26 Å². The van der Waals surface area contributed by atoms with Crippen LogP contribution >= 0.6 is 0 Å². The van der Waals surface area contributed by atoms with Gasteiger partial charge >= 0.3 is 0 Å². The molecule has 0 aliphatic carbocycles. The summed E-state index contributed by atoms with van der Waals surface area (Å²) >= 11 is 0. The summed E-state index contributed by atoms with van der Waals surface area (Å²) < 4.78 is 0. The summed E-state index contributed by atoms with van der Waals surface area (Å²) in [5.74, 6) is 0.0508. The van der Waals surface area contributed by atoms with Crippen molar-refractivity contribution in [2.75, 3.05) is 6.54 Å². The zero-order valence-corrected chi connectivity index (χ0v) is 13.0. The van der Waals surface area contributed by atoms with Crippen LogP contribution in [-0.2, 0) is 6.54 Å². The van der Waals surface area contributed by atoms with Crippen LogP contribution in [0, 0.1) is 18.3 Å². The number of nitriles is 1. The zero-order valence-electron chi connectivity index (χ0n) is 13.0. The Morgan fingerprint density at radius 3 is 2.50 bits per heavy atom. The summed E-state index contributed by atoms with van der Waals surface area (Å²) in [6.45, 7) is 5.33. The molecule has 0 N–H and O–H groups in total. The zero-order chi connectivity index (χ0) is 15.9. The van der Waals surface area contributed by atoms with Gasteiger partial charge in [0.2, 0.25) is 0 Å². The van der Waals surface area contributed by atoms with Crippen molar-refractivity contribution < 1.29 is 4.79 Å². The molecule has 0 aromatic heterocycles. The Kier molecular flexibility index (Phi) is 5.32. The van der Waals surface area contributed by atoms with Crippen molar-refractivity contribution in [3.05, 3.63) is 70.8 Å². The Balaban J connectivity index is 2.18. The number of rotatable bonds is 5. The number of hydrogen-bond acceptors (Lipinski definition) is 2. The van der Waals surface area contributed by atoms with Crippen molar-refractivity contribution in [3.63, 3.8) is 0 Å². The Morgan fingerprint density at radius 1 is 1.18 bits per heavy atom. The minimum atomic E-state index is 0.0508. The maximum absolute atomic E-state index is 12.7. The molecule has 0 aliphatic rings. The van der Waals surface area contributed by atoms with Gasteiger partial charge in [0.25, 0.3) is 5.91 Å². The third kappa shape index (κ3) is 3.95. The average Bonchev–Trinajstić information content (AvgIpc) is 2.54. The van der Waals surface area contributed by atoms with Gasteiger partial charge in [0, 0.05) is 18.7 Å². The molecule has 2 rings (SSSR count). The van der Waals surface area contributed by atoms with Gasteiger partial charge in [-0.25, -0.2) is 0 Å². The second-order valence-electron chi connectivity index (χ2n) is 5.40. The molecular formula is C19H20N2O. The fourth-order valence-electron chi connectivity index (χ4n) is 2.39. The van der Waals surface area contributed by atoms with Gasteiger partial charge in [0.05, 0.1) is 11.6 Å². The summed E-state index contributed by atoms with van der Waals surface area (Å²) in [4.78, 5) is 14.5. The Morgan fingerprint density at radius 2 is 1.91 bits per heavy atom. The minimum Gasteiger partial charge on any atom is -0.334 e. The molecule has 2 aromatic carbocycles. The smallest absolute Gasteiger partial charge is 0.254 e. The van der Waals surface area contributed by atoms with Crippen LogP contribution < -0.4 is 0 Å². The first-order chi connectivity index (χ1) is 10.6. The molecule has 0 unspecified atom stereocenters. The second kappa shape index (κ2) is 7.42. The van der Waals surface area contributed by atoms with E-state index in [9.17, 15) is 4.79 Å². The largest absolute Gasteiger partial charge is 0.334 e. The molecule has 0 fully saturated rings. The van der Waals surface area contributed by atoms with Crippen molar-refractivity contribution in [1.29, 1.82) is 5.26 Å². The quantitative estimate of drug-likeness (QED) is 0.838. The maximum atomic E-state index is 12.7. The van der Waals surface area contributed by atoms with E-state index in [1.54, 1.807) is 12.1 Å². The van der Waals surface area contributed by atoms with Crippen molar-refractivity contribution in [2.24, 2.45) is 0 Å². The summed E-state index contributed by atoms with van der Waals surface area (Å²) in [5.41, 5.74) is 3.48. The number of carbonyl (C=O) groups is 1. The van der Waals surface area contributed by atoms with E-state index < -0.39 is 0 Å². The van der Waals surface area contributed by atoms with Crippen LogP contribution in [0.3, 0.4) is 0 Å². The van der Waals surface area contributed by atoms with Crippen LogP contribution in [0.25, 0.3) is 0 Å². The van der Waals surface area contributed by atoms with E-state index in [1.807, 2.05) is 48.2 Å². The summed E-state index contributed by atoms with van der Waals surface area (Å²) in [6, 6.07) is 17.2. The van der Waals surface area contributed by atoms with Gasteiger partial charge in [0.15, 0.2) is 0 Å². The van der Waals surface area contributed by atoms with Crippen LogP contribution in [0.15, 0.2) is 48.5 Å². The lowest BCUT2D eigenvalue weighted by Crippen LogP contribution is -2.31. The van der Waals surface area contributed by atoms with Crippen LogP contribution in [0.5, 0.6) is 0 Å². The highest BCUT2D eigenvalue weighted by Gasteiger charge is 2.15. The second-order valence-corrected chi connectivity index (χ2v) is 5.40. The summed E-state index contributed by atoms with van der Waals surface area (Å²) in [7, 11) is 0.